The number of ether oxygens (including phenoxy) is 1. The van der Waals surface area contributed by atoms with Gasteiger partial charge in [-0.3, -0.25) is 0 Å². The third-order valence-electron chi connectivity index (χ3n) is 2.61. The van der Waals surface area contributed by atoms with E-state index in [-0.39, 0.29) is 0 Å². The van der Waals surface area contributed by atoms with Crippen LogP contribution in [0.25, 0.3) is 0 Å². The average molecular weight is 218 g/mol. The summed E-state index contributed by atoms with van der Waals surface area (Å²) in [5.74, 6) is 0. The van der Waals surface area contributed by atoms with Crippen LogP contribution in [0.1, 0.15) is 18.1 Å². The smallest absolute Gasteiger partial charge is 0.0991 e. The van der Waals surface area contributed by atoms with Gasteiger partial charge in [0.1, 0.15) is 0 Å². The molecule has 0 aromatic heterocycles. The van der Waals surface area contributed by atoms with E-state index in [0.29, 0.717) is 12.2 Å². The molecule has 3 nitrogen and oxygen atoms in total. The Morgan fingerprint density at radius 3 is 2.69 bits per heavy atom. The predicted octanol–water partition coefficient (Wildman–Crippen LogP) is 2.34. The second-order valence-corrected chi connectivity index (χ2v) is 3.69. The van der Waals surface area contributed by atoms with E-state index in [4.69, 9.17) is 10.00 Å². The van der Waals surface area contributed by atoms with Crippen LogP contribution in [0.4, 0.5) is 5.69 Å². The number of nitriles is 1. The molecule has 0 atom stereocenters. The number of hydrogen-bond acceptors (Lipinski definition) is 3. The summed E-state index contributed by atoms with van der Waals surface area (Å²) in [6, 6.07) is 7.94. The van der Waals surface area contributed by atoms with E-state index >= 15 is 0 Å². The summed E-state index contributed by atoms with van der Waals surface area (Å²) in [4.78, 5) is 2.25. The lowest BCUT2D eigenvalue weighted by Gasteiger charge is -2.24. The molecular weight excluding hydrogens is 200 g/mol. The Kier molecular flexibility index (Phi) is 4.81. The van der Waals surface area contributed by atoms with E-state index in [0.717, 1.165) is 18.7 Å². The highest BCUT2D eigenvalue weighted by molar-refractivity contribution is 5.56. The van der Waals surface area contributed by atoms with Gasteiger partial charge in [0.15, 0.2) is 0 Å². The quantitative estimate of drug-likeness (QED) is 0.761. The van der Waals surface area contributed by atoms with Crippen LogP contribution < -0.4 is 4.90 Å². The van der Waals surface area contributed by atoms with Gasteiger partial charge >= 0.3 is 0 Å². The Balaban J connectivity index is 2.89. The molecule has 0 spiro atoms. The predicted molar refractivity (Wildman–Crippen MR) is 65.7 cm³/mol. The number of anilines is 1. The second kappa shape index (κ2) is 6.14. The van der Waals surface area contributed by atoms with Gasteiger partial charge in [-0.1, -0.05) is 0 Å². The summed E-state index contributed by atoms with van der Waals surface area (Å²) >= 11 is 0. The van der Waals surface area contributed by atoms with Crippen molar-refractivity contribution in [2.24, 2.45) is 0 Å². The van der Waals surface area contributed by atoms with Crippen molar-refractivity contribution in [3.63, 3.8) is 0 Å². The molecule has 0 amide bonds. The van der Waals surface area contributed by atoms with E-state index in [9.17, 15) is 0 Å². The highest BCUT2D eigenvalue weighted by Gasteiger charge is 2.07. The maximum Gasteiger partial charge on any atom is 0.0991 e. The van der Waals surface area contributed by atoms with Gasteiger partial charge in [0.25, 0.3) is 0 Å². The zero-order valence-corrected chi connectivity index (χ0v) is 10.2. The van der Waals surface area contributed by atoms with Crippen molar-refractivity contribution in [2.45, 2.75) is 13.8 Å². The number of hydrogen-bond donors (Lipinski definition) is 0. The van der Waals surface area contributed by atoms with Crippen LogP contribution in [0, 0.1) is 18.3 Å². The standard InChI is InChI=1S/C13H18N2O/c1-4-15(7-8-16-3)13-6-5-12(10-14)9-11(13)2/h5-6,9H,4,7-8H2,1-3H3. The molecule has 1 rings (SSSR count). The van der Waals surface area contributed by atoms with E-state index in [2.05, 4.69) is 17.9 Å². The lowest BCUT2D eigenvalue weighted by molar-refractivity contribution is 0.205. The van der Waals surface area contributed by atoms with Crippen molar-refractivity contribution in [3.8, 4) is 6.07 Å². The molecule has 0 bridgehead atoms. The molecule has 16 heavy (non-hydrogen) atoms. The minimum atomic E-state index is 0.712. The highest BCUT2D eigenvalue weighted by Crippen LogP contribution is 2.20. The third-order valence-corrected chi connectivity index (χ3v) is 2.61. The normalized spacial score (nSPS) is 9.88. The summed E-state index contributed by atoms with van der Waals surface area (Å²) < 4.78 is 5.09. The van der Waals surface area contributed by atoms with E-state index < -0.39 is 0 Å². The number of likely N-dealkylation sites (N-methyl/N-ethyl adjacent to an activating group) is 1. The molecule has 0 saturated carbocycles. The number of benzene rings is 1. The topological polar surface area (TPSA) is 36.3 Å². The van der Waals surface area contributed by atoms with E-state index in [1.165, 1.54) is 5.69 Å². The zero-order valence-electron chi connectivity index (χ0n) is 10.2. The maximum atomic E-state index is 8.81. The van der Waals surface area contributed by atoms with Crippen LogP contribution in [-0.4, -0.2) is 26.8 Å². The van der Waals surface area contributed by atoms with Gasteiger partial charge in [0.05, 0.1) is 18.2 Å². The van der Waals surface area contributed by atoms with Crippen LogP contribution in [-0.2, 0) is 4.74 Å². The molecule has 3 heteroatoms. The van der Waals surface area contributed by atoms with Gasteiger partial charge in [-0.05, 0) is 37.6 Å². The maximum absolute atomic E-state index is 8.81. The first-order valence-corrected chi connectivity index (χ1v) is 5.47. The van der Waals surface area contributed by atoms with Gasteiger partial charge in [-0.15, -0.1) is 0 Å². The molecule has 0 saturated heterocycles. The fraction of sp³-hybridized carbons (Fsp3) is 0.462. The van der Waals surface area contributed by atoms with Gasteiger partial charge in [-0.2, -0.15) is 5.26 Å². The lowest BCUT2D eigenvalue weighted by Crippen LogP contribution is -2.27. The summed E-state index contributed by atoms with van der Waals surface area (Å²) in [7, 11) is 1.71. The average Bonchev–Trinajstić information content (AvgIpc) is 2.31. The fourth-order valence-electron chi connectivity index (χ4n) is 1.73. The highest BCUT2D eigenvalue weighted by atomic mass is 16.5. The van der Waals surface area contributed by atoms with Crippen LogP contribution in [0.15, 0.2) is 18.2 Å². The van der Waals surface area contributed by atoms with Gasteiger partial charge < -0.3 is 9.64 Å². The molecule has 0 aliphatic heterocycles. The molecule has 0 N–H and O–H groups in total. The minimum absolute atomic E-state index is 0.712. The van der Waals surface area contributed by atoms with Gasteiger partial charge in [0.2, 0.25) is 0 Å². The van der Waals surface area contributed by atoms with Crippen LogP contribution in [0.3, 0.4) is 0 Å². The SMILES string of the molecule is CCN(CCOC)c1ccc(C#N)cc1C. The van der Waals surface area contributed by atoms with Gasteiger partial charge in [-0.25, -0.2) is 0 Å². The Morgan fingerprint density at radius 1 is 1.44 bits per heavy atom. The molecule has 0 unspecified atom stereocenters. The first kappa shape index (κ1) is 12.5. The third kappa shape index (κ3) is 2.98. The van der Waals surface area contributed by atoms with Crippen LogP contribution >= 0.6 is 0 Å². The molecular formula is C13H18N2O. The second-order valence-electron chi connectivity index (χ2n) is 3.69. The number of nitrogens with zero attached hydrogens (tertiary/aromatic N) is 2. The number of methoxy groups -OCH3 is 1. The Labute approximate surface area is 97.3 Å². The number of aryl methyl sites for hydroxylation is 1. The van der Waals surface area contributed by atoms with Crippen LogP contribution in [0.2, 0.25) is 0 Å². The molecule has 0 heterocycles. The molecule has 0 aliphatic carbocycles. The zero-order chi connectivity index (χ0) is 12.0. The first-order valence-electron chi connectivity index (χ1n) is 5.47. The Hall–Kier alpha value is -1.53. The summed E-state index contributed by atoms with van der Waals surface area (Å²) in [6.07, 6.45) is 0. The molecule has 1 aromatic carbocycles. The molecule has 0 radical (unpaired) electrons. The Bertz CT molecular complexity index is 382. The summed E-state index contributed by atoms with van der Waals surface area (Å²) in [6.45, 7) is 6.68. The summed E-state index contributed by atoms with van der Waals surface area (Å²) in [5.41, 5.74) is 3.03. The van der Waals surface area contributed by atoms with Crippen molar-refractivity contribution in [3.05, 3.63) is 29.3 Å². The molecule has 1 aromatic rings. The number of rotatable bonds is 5. The van der Waals surface area contributed by atoms with Crippen molar-refractivity contribution in [2.75, 3.05) is 31.7 Å². The minimum Gasteiger partial charge on any atom is -0.383 e. The van der Waals surface area contributed by atoms with Crippen molar-refractivity contribution < 1.29 is 4.74 Å². The van der Waals surface area contributed by atoms with Crippen molar-refractivity contribution in [1.29, 1.82) is 5.26 Å². The molecule has 86 valence electrons. The van der Waals surface area contributed by atoms with Crippen LogP contribution in [0.5, 0.6) is 0 Å². The van der Waals surface area contributed by atoms with Gasteiger partial charge in [0, 0.05) is 25.9 Å². The summed E-state index contributed by atoms with van der Waals surface area (Å²) in [5, 5.41) is 8.81. The van der Waals surface area contributed by atoms with E-state index in [1.54, 1.807) is 7.11 Å². The first-order chi connectivity index (χ1) is 7.72. The fourth-order valence-corrected chi connectivity index (χ4v) is 1.73. The largest absolute Gasteiger partial charge is 0.383 e. The Morgan fingerprint density at radius 2 is 2.19 bits per heavy atom. The molecule has 0 fully saturated rings. The lowest BCUT2D eigenvalue weighted by atomic mass is 10.1. The molecule has 0 aliphatic rings. The van der Waals surface area contributed by atoms with E-state index in [1.807, 2.05) is 25.1 Å². The monoisotopic (exact) mass is 218 g/mol. The van der Waals surface area contributed by atoms with Crippen molar-refractivity contribution >= 4 is 5.69 Å². The van der Waals surface area contributed by atoms with Crippen molar-refractivity contribution in [1.82, 2.24) is 0 Å².